The molecule has 1 aromatic carbocycles. The number of carbonyl (C=O) groups excluding carboxylic acids is 2. The highest BCUT2D eigenvalue weighted by Gasteiger charge is 2.26. The zero-order valence-electron chi connectivity index (χ0n) is 14.3. The molecule has 1 saturated heterocycles. The maximum atomic E-state index is 12.3. The molecule has 2 aromatic rings. The van der Waals surface area contributed by atoms with Crippen LogP contribution in [-0.4, -0.2) is 40.5 Å². The van der Waals surface area contributed by atoms with E-state index in [9.17, 15) is 14.4 Å². The first-order chi connectivity index (χ1) is 12.1. The summed E-state index contributed by atoms with van der Waals surface area (Å²) < 4.78 is 11.4. The van der Waals surface area contributed by atoms with Crippen molar-refractivity contribution in [3.63, 3.8) is 0 Å². The molecule has 0 spiro atoms. The Balaban J connectivity index is 1.60. The van der Waals surface area contributed by atoms with Gasteiger partial charge in [-0.25, -0.2) is 4.79 Å². The van der Waals surface area contributed by atoms with Crippen LogP contribution in [0.1, 0.15) is 32.6 Å². The number of oxazole rings is 1. The zero-order valence-corrected chi connectivity index (χ0v) is 14.3. The predicted molar refractivity (Wildman–Crippen MR) is 91.1 cm³/mol. The minimum atomic E-state index is -0.632. The molecule has 1 aliphatic rings. The third kappa shape index (κ3) is 3.75. The average molecular weight is 346 g/mol. The van der Waals surface area contributed by atoms with Gasteiger partial charge in [0.2, 0.25) is 0 Å². The minimum absolute atomic E-state index is 0.177. The monoisotopic (exact) mass is 346 g/mol. The molecule has 134 valence electrons. The fourth-order valence-corrected chi connectivity index (χ4v) is 3.32. The van der Waals surface area contributed by atoms with Gasteiger partial charge in [-0.3, -0.25) is 14.2 Å². The maximum absolute atomic E-state index is 12.3. The molecule has 1 amide bonds. The highest BCUT2D eigenvalue weighted by Crippen LogP contribution is 2.19. The second-order valence-corrected chi connectivity index (χ2v) is 6.23. The van der Waals surface area contributed by atoms with Crippen LogP contribution >= 0.6 is 0 Å². The van der Waals surface area contributed by atoms with E-state index >= 15 is 0 Å². The Morgan fingerprint density at radius 2 is 2.08 bits per heavy atom. The fourth-order valence-electron chi connectivity index (χ4n) is 3.32. The molecule has 1 aromatic heterocycles. The number of likely N-dealkylation sites (tertiary alicyclic amines) is 1. The van der Waals surface area contributed by atoms with Crippen molar-refractivity contribution in [3.05, 3.63) is 34.8 Å². The highest BCUT2D eigenvalue weighted by molar-refractivity contribution is 5.81. The normalized spacial score (nSPS) is 17.6. The maximum Gasteiger partial charge on any atom is 0.420 e. The van der Waals surface area contributed by atoms with Gasteiger partial charge in [0.15, 0.2) is 12.2 Å². The highest BCUT2D eigenvalue weighted by atomic mass is 16.5. The number of aromatic nitrogens is 1. The summed E-state index contributed by atoms with van der Waals surface area (Å²) in [4.78, 5) is 38.0. The summed E-state index contributed by atoms with van der Waals surface area (Å²) in [6, 6.07) is 7.07. The first-order valence-corrected chi connectivity index (χ1v) is 8.63. The Labute approximate surface area is 145 Å². The number of hydrogen-bond donors (Lipinski definition) is 0. The number of ether oxygens (including phenoxy) is 1. The largest absolute Gasteiger partial charge is 0.454 e. The van der Waals surface area contributed by atoms with E-state index in [0.717, 1.165) is 25.7 Å². The lowest BCUT2D eigenvalue weighted by molar-refractivity contribution is -0.154. The van der Waals surface area contributed by atoms with Gasteiger partial charge in [0.05, 0.1) is 5.52 Å². The number of piperidine rings is 1. The molecule has 7 heteroatoms. The molecular formula is C18H22N2O5. The molecule has 25 heavy (non-hydrogen) atoms. The predicted octanol–water partition coefficient (Wildman–Crippen LogP) is 1.93. The van der Waals surface area contributed by atoms with Gasteiger partial charge >= 0.3 is 11.7 Å². The lowest BCUT2D eigenvalue weighted by atomic mass is 10.00. The molecule has 0 saturated carbocycles. The van der Waals surface area contributed by atoms with Crippen LogP contribution in [0.25, 0.3) is 11.1 Å². The number of para-hydroxylation sites is 2. The molecule has 0 bridgehead atoms. The van der Waals surface area contributed by atoms with Gasteiger partial charge in [0.1, 0.15) is 6.54 Å². The fraction of sp³-hybridized carbons (Fsp3) is 0.500. The lowest BCUT2D eigenvalue weighted by Crippen LogP contribution is -2.45. The molecule has 2 heterocycles. The Kier molecular flexibility index (Phi) is 5.21. The van der Waals surface area contributed by atoms with Crippen molar-refractivity contribution < 1.29 is 18.7 Å². The molecule has 0 N–H and O–H groups in total. The van der Waals surface area contributed by atoms with Crippen LogP contribution < -0.4 is 5.76 Å². The Morgan fingerprint density at radius 1 is 1.28 bits per heavy atom. The topological polar surface area (TPSA) is 81.8 Å². The summed E-state index contributed by atoms with van der Waals surface area (Å²) in [7, 11) is 0. The summed E-state index contributed by atoms with van der Waals surface area (Å²) in [5.41, 5.74) is 0.938. The second-order valence-electron chi connectivity index (χ2n) is 6.23. The summed E-state index contributed by atoms with van der Waals surface area (Å²) in [6.07, 6.45) is 3.99. The third-order valence-corrected chi connectivity index (χ3v) is 4.64. The van der Waals surface area contributed by atoms with E-state index in [-0.39, 0.29) is 25.1 Å². The second kappa shape index (κ2) is 7.55. The third-order valence-electron chi connectivity index (χ3n) is 4.64. The average Bonchev–Trinajstić information content (AvgIpc) is 2.95. The Morgan fingerprint density at radius 3 is 2.88 bits per heavy atom. The van der Waals surface area contributed by atoms with Gasteiger partial charge in [-0.1, -0.05) is 19.1 Å². The first-order valence-electron chi connectivity index (χ1n) is 8.63. The summed E-state index contributed by atoms with van der Waals surface area (Å²) in [5.74, 6) is -1.43. The Bertz CT molecular complexity index is 822. The van der Waals surface area contributed by atoms with Crippen LogP contribution in [0, 0.1) is 0 Å². The van der Waals surface area contributed by atoms with E-state index < -0.39 is 11.7 Å². The van der Waals surface area contributed by atoms with Crippen molar-refractivity contribution in [3.8, 4) is 0 Å². The van der Waals surface area contributed by atoms with Crippen molar-refractivity contribution >= 4 is 23.0 Å². The zero-order chi connectivity index (χ0) is 17.8. The van der Waals surface area contributed by atoms with Crippen LogP contribution in [0.5, 0.6) is 0 Å². The van der Waals surface area contributed by atoms with Crippen molar-refractivity contribution in [1.82, 2.24) is 9.47 Å². The van der Waals surface area contributed by atoms with Crippen LogP contribution in [0.2, 0.25) is 0 Å². The van der Waals surface area contributed by atoms with E-state index in [1.54, 1.807) is 29.2 Å². The number of benzene rings is 1. The van der Waals surface area contributed by atoms with Crippen molar-refractivity contribution in [2.45, 2.75) is 45.2 Å². The van der Waals surface area contributed by atoms with Gasteiger partial charge in [-0.05, 0) is 37.8 Å². The molecule has 7 nitrogen and oxygen atoms in total. The molecule has 0 radical (unpaired) electrons. The number of amides is 1. The number of fused-ring (bicyclic) bond motifs is 1. The molecule has 0 unspecified atom stereocenters. The molecule has 3 rings (SSSR count). The molecule has 1 aliphatic heterocycles. The van der Waals surface area contributed by atoms with Gasteiger partial charge < -0.3 is 14.1 Å². The van der Waals surface area contributed by atoms with Crippen LogP contribution in [-0.2, 0) is 20.9 Å². The molecular weight excluding hydrogens is 324 g/mol. The SMILES string of the molecule is CC[C@H]1CCCCN1C(=O)COC(=O)Cn1c(=O)oc2ccccc21. The number of nitrogens with zero attached hydrogens (tertiary/aromatic N) is 2. The van der Waals surface area contributed by atoms with Crippen molar-refractivity contribution in [2.24, 2.45) is 0 Å². The lowest BCUT2D eigenvalue weighted by Gasteiger charge is -2.35. The van der Waals surface area contributed by atoms with Gasteiger partial charge in [0, 0.05) is 12.6 Å². The van der Waals surface area contributed by atoms with Gasteiger partial charge in [-0.2, -0.15) is 0 Å². The number of esters is 1. The van der Waals surface area contributed by atoms with Crippen molar-refractivity contribution in [2.75, 3.05) is 13.2 Å². The van der Waals surface area contributed by atoms with E-state index in [4.69, 9.17) is 9.15 Å². The first kappa shape index (κ1) is 17.3. The molecule has 1 atom stereocenters. The van der Waals surface area contributed by atoms with E-state index in [1.807, 2.05) is 0 Å². The van der Waals surface area contributed by atoms with Crippen molar-refractivity contribution in [1.29, 1.82) is 0 Å². The molecule has 1 fully saturated rings. The van der Waals surface area contributed by atoms with Crippen LogP contribution in [0.4, 0.5) is 0 Å². The summed E-state index contributed by atoms with van der Waals surface area (Å²) >= 11 is 0. The van der Waals surface area contributed by atoms with E-state index in [0.29, 0.717) is 17.6 Å². The molecule has 0 aliphatic carbocycles. The van der Waals surface area contributed by atoms with Gasteiger partial charge in [0.25, 0.3) is 5.91 Å². The number of carbonyl (C=O) groups is 2. The smallest absolute Gasteiger partial charge is 0.420 e. The summed E-state index contributed by atoms with van der Waals surface area (Å²) in [6.45, 7) is 2.19. The standard InChI is InChI=1S/C18H22N2O5/c1-2-13-7-5-6-10-19(13)16(21)12-24-17(22)11-20-14-8-3-4-9-15(14)25-18(20)23/h3-4,8-9,13H,2,5-7,10-12H2,1H3/t13-/m0/s1. The van der Waals surface area contributed by atoms with E-state index in [1.165, 1.54) is 4.57 Å². The Hall–Kier alpha value is -2.57. The van der Waals surface area contributed by atoms with E-state index in [2.05, 4.69) is 6.92 Å². The quantitative estimate of drug-likeness (QED) is 0.773. The number of hydrogen-bond acceptors (Lipinski definition) is 5. The van der Waals surface area contributed by atoms with Gasteiger partial charge in [-0.15, -0.1) is 0 Å². The number of rotatable bonds is 5. The van der Waals surface area contributed by atoms with Crippen LogP contribution in [0.3, 0.4) is 0 Å². The minimum Gasteiger partial charge on any atom is -0.454 e. The summed E-state index contributed by atoms with van der Waals surface area (Å²) in [5, 5.41) is 0. The van der Waals surface area contributed by atoms with Crippen LogP contribution in [0.15, 0.2) is 33.5 Å².